The maximum atomic E-state index is 4.01. The van der Waals surface area contributed by atoms with Gasteiger partial charge in [0.1, 0.15) is 0 Å². The molecule has 5 aliphatic carbocycles. The van der Waals surface area contributed by atoms with Crippen molar-refractivity contribution in [2.45, 2.75) is 193 Å². The summed E-state index contributed by atoms with van der Waals surface area (Å²) in [5.74, 6) is 9.26. The predicted octanol–water partition coefficient (Wildman–Crippen LogP) is 12.1. The lowest BCUT2D eigenvalue weighted by atomic mass is 9.56. The van der Waals surface area contributed by atoms with Gasteiger partial charge in [0, 0.05) is 6.04 Å². The second-order valence-electron chi connectivity index (χ2n) is 17.0. The Morgan fingerprint density at radius 2 is 1.05 bits per heavy atom. The van der Waals surface area contributed by atoms with Crippen LogP contribution < -0.4 is 5.32 Å². The summed E-state index contributed by atoms with van der Waals surface area (Å²) in [4.78, 5) is 0. The molecule has 0 saturated heterocycles. The van der Waals surface area contributed by atoms with Crippen molar-refractivity contribution in [1.82, 2.24) is 5.32 Å². The lowest BCUT2D eigenvalue weighted by Gasteiger charge is -2.53. The van der Waals surface area contributed by atoms with Crippen LogP contribution in [0, 0.1) is 53.3 Å². The first-order valence-corrected chi connectivity index (χ1v) is 19.9. The quantitative estimate of drug-likeness (QED) is 0.277. The Bertz CT molecular complexity index is 701. The first-order valence-electron chi connectivity index (χ1n) is 19.9. The van der Waals surface area contributed by atoms with Crippen molar-refractivity contribution in [3.05, 3.63) is 0 Å². The first-order chi connectivity index (χ1) is 20.1. The molecule has 0 radical (unpaired) electrons. The Morgan fingerprint density at radius 3 is 1.73 bits per heavy atom. The average molecular weight is 568 g/mol. The zero-order chi connectivity index (χ0) is 28.3. The van der Waals surface area contributed by atoms with Crippen molar-refractivity contribution in [1.29, 1.82) is 0 Å². The third-order valence-corrected chi connectivity index (χ3v) is 13.9. The van der Waals surface area contributed by atoms with E-state index >= 15 is 0 Å². The van der Waals surface area contributed by atoms with Gasteiger partial charge in [0.15, 0.2) is 0 Å². The van der Waals surface area contributed by atoms with E-state index < -0.39 is 0 Å². The molecule has 238 valence electrons. The van der Waals surface area contributed by atoms with Crippen molar-refractivity contribution in [2.75, 3.05) is 6.54 Å². The summed E-state index contributed by atoms with van der Waals surface area (Å²) in [5, 5.41) is 4.01. The molecule has 41 heavy (non-hydrogen) atoms. The minimum absolute atomic E-state index is 0.897. The standard InChI is InChI=1S/C40H73N/c1-31-12-6-3-4-7-16-35(28-31)21-20-33-14-8-5-9-15-34(19-18-33)22-23-37-29-36(17-11-10-13-32(37)2)26-27-41-40-30-38-24-25-39(38)40/h31-41H,3-30H2,1-2H3. The molecule has 10 unspecified atom stereocenters. The molecule has 1 heteroatoms. The van der Waals surface area contributed by atoms with E-state index in [4.69, 9.17) is 0 Å². The summed E-state index contributed by atoms with van der Waals surface area (Å²) in [6, 6.07) is 0.897. The van der Waals surface area contributed by atoms with Crippen molar-refractivity contribution >= 4 is 0 Å². The molecule has 0 aromatic carbocycles. The molecule has 1 N–H and O–H groups in total. The van der Waals surface area contributed by atoms with Crippen molar-refractivity contribution in [3.63, 3.8) is 0 Å². The van der Waals surface area contributed by atoms with Crippen LogP contribution in [-0.2, 0) is 0 Å². The summed E-state index contributed by atoms with van der Waals surface area (Å²) in [6.07, 6.45) is 41.2. The van der Waals surface area contributed by atoms with Gasteiger partial charge >= 0.3 is 0 Å². The van der Waals surface area contributed by atoms with Crippen LogP contribution >= 0.6 is 0 Å². The van der Waals surface area contributed by atoms with Crippen LogP contribution in [0.2, 0.25) is 0 Å². The minimum atomic E-state index is 0.897. The topological polar surface area (TPSA) is 12.0 Å². The van der Waals surface area contributed by atoms with E-state index in [2.05, 4.69) is 19.2 Å². The number of hydrogen-bond donors (Lipinski definition) is 1. The summed E-state index contributed by atoms with van der Waals surface area (Å²) < 4.78 is 0. The van der Waals surface area contributed by atoms with E-state index in [0.29, 0.717) is 0 Å². The second-order valence-corrected chi connectivity index (χ2v) is 17.0. The smallest absolute Gasteiger partial charge is 0.0101 e. The Balaban J connectivity index is 1.04. The highest BCUT2D eigenvalue weighted by Crippen LogP contribution is 2.50. The van der Waals surface area contributed by atoms with E-state index in [0.717, 1.165) is 59.3 Å². The summed E-state index contributed by atoms with van der Waals surface area (Å²) in [5.41, 5.74) is 0. The molecule has 5 fully saturated rings. The molecule has 0 aromatic rings. The summed E-state index contributed by atoms with van der Waals surface area (Å²) in [6.45, 7) is 6.49. The van der Waals surface area contributed by atoms with Gasteiger partial charge in [0.25, 0.3) is 0 Å². The molecule has 5 rings (SSSR count). The van der Waals surface area contributed by atoms with E-state index in [-0.39, 0.29) is 0 Å². The largest absolute Gasteiger partial charge is 0.314 e. The van der Waals surface area contributed by atoms with Crippen LogP contribution in [0.15, 0.2) is 0 Å². The average Bonchev–Trinajstić information content (AvgIpc) is 3.13. The fraction of sp³-hybridized carbons (Fsp3) is 1.00. The van der Waals surface area contributed by atoms with Crippen LogP contribution in [0.4, 0.5) is 0 Å². The van der Waals surface area contributed by atoms with Gasteiger partial charge < -0.3 is 5.32 Å². The monoisotopic (exact) mass is 568 g/mol. The van der Waals surface area contributed by atoms with Crippen LogP contribution in [0.25, 0.3) is 0 Å². The van der Waals surface area contributed by atoms with E-state index in [1.165, 1.54) is 122 Å². The van der Waals surface area contributed by atoms with Crippen LogP contribution in [0.1, 0.15) is 187 Å². The van der Waals surface area contributed by atoms with Crippen LogP contribution in [0.3, 0.4) is 0 Å². The van der Waals surface area contributed by atoms with Crippen molar-refractivity contribution < 1.29 is 0 Å². The Labute approximate surface area is 257 Å². The van der Waals surface area contributed by atoms with Crippen molar-refractivity contribution in [3.8, 4) is 0 Å². The molecule has 0 heterocycles. The Morgan fingerprint density at radius 1 is 0.463 bits per heavy atom. The van der Waals surface area contributed by atoms with E-state index in [1.807, 2.05) is 0 Å². The van der Waals surface area contributed by atoms with Gasteiger partial charge in [-0.15, -0.1) is 0 Å². The maximum absolute atomic E-state index is 4.01. The molecular weight excluding hydrogens is 494 g/mol. The van der Waals surface area contributed by atoms with Crippen LogP contribution in [-0.4, -0.2) is 12.6 Å². The van der Waals surface area contributed by atoms with E-state index in [1.54, 1.807) is 57.8 Å². The molecular formula is C40H73N. The van der Waals surface area contributed by atoms with Crippen LogP contribution in [0.5, 0.6) is 0 Å². The highest BCUT2D eigenvalue weighted by Gasteiger charge is 2.46. The Kier molecular flexibility index (Phi) is 13.8. The molecule has 1 nitrogen and oxygen atoms in total. The SMILES string of the molecule is CC1CCCCCCC(CCC2CCCCCC(CCC3CC(CCNC4CC5CCC54)CCCCC3C)CC2)C1. The predicted molar refractivity (Wildman–Crippen MR) is 179 cm³/mol. The zero-order valence-corrected chi connectivity index (χ0v) is 28.1. The fourth-order valence-corrected chi connectivity index (χ4v) is 10.7. The van der Waals surface area contributed by atoms with Gasteiger partial charge in [-0.05, 0) is 105 Å². The molecule has 0 aromatic heterocycles. The summed E-state index contributed by atoms with van der Waals surface area (Å²) in [7, 11) is 0. The fourth-order valence-electron chi connectivity index (χ4n) is 10.7. The Hall–Kier alpha value is -0.0400. The van der Waals surface area contributed by atoms with E-state index in [9.17, 15) is 0 Å². The second kappa shape index (κ2) is 17.4. The number of hydrogen-bond acceptors (Lipinski definition) is 1. The normalized spacial score (nSPS) is 41.4. The molecule has 10 atom stereocenters. The minimum Gasteiger partial charge on any atom is -0.314 e. The maximum Gasteiger partial charge on any atom is 0.0101 e. The van der Waals surface area contributed by atoms with Crippen molar-refractivity contribution in [2.24, 2.45) is 53.3 Å². The molecule has 0 amide bonds. The highest BCUT2D eigenvalue weighted by atomic mass is 14.9. The van der Waals surface area contributed by atoms with Gasteiger partial charge in [-0.3, -0.25) is 0 Å². The molecule has 0 aliphatic heterocycles. The lowest BCUT2D eigenvalue weighted by molar-refractivity contribution is 0.00478. The molecule has 5 saturated carbocycles. The van der Waals surface area contributed by atoms with Gasteiger partial charge in [0.2, 0.25) is 0 Å². The van der Waals surface area contributed by atoms with Gasteiger partial charge in [-0.1, -0.05) is 142 Å². The lowest BCUT2D eigenvalue weighted by Crippen LogP contribution is -2.55. The highest BCUT2D eigenvalue weighted by molar-refractivity contribution is 5.00. The number of rotatable bonds is 10. The zero-order valence-electron chi connectivity index (χ0n) is 28.1. The molecule has 0 spiro atoms. The summed E-state index contributed by atoms with van der Waals surface area (Å²) >= 11 is 0. The van der Waals surface area contributed by atoms with Gasteiger partial charge in [-0.2, -0.15) is 0 Å². The van der Waals surface area contributed by atoms with Gasteiger partial charge in [-0.25, -0.2) is 0 Å². The number of fused-ring (bicyclic) bond motifs is 1. The first kappa shape index (κ1) is 32.4. The molecule has 0 bridgehead atoms. The van der Waals surface area contributed by atoms with Gasteiger partial charge in [0.05, 0.1) is 0 Å². The molecule has 5 aliphatic rings. The third kappa shape index (κ3) is 10.5. The third-order valence-electron chi connectivity index (χ3n) is 13.9. The number of nitrogens with one attached hydrogen (secondary N) is 1.